The first-order chi connectivity index (χ1) is 15.8. The molecule has 0 saturated carbocycles. The second-order valence-corrected chi connectivity index (χ2v) is 8.51. The van der Waals surface area contributed by atoms with Crippen molar-refractivity contribution in [2.45, 2.75) is 13.0 Å². The number of aromatic nitrogens is 5. The fraction of sp³-hybridized carbons (Fsp3) is 0.0909. The monoisotopic (exact) mass is 502 g/mol. The third-order valence-corrected chi connectivity index (χ3v) is 6.39. The van der Waals surface area contributed by atoms with Gasteiger partial charge in [0.05, 0.1) is 38.5 Å². The van der Waals surface area contributed by atoms with Gasteiger partial charge in [0.2, 0.25) is 0 Å². The molecule has 3 aromatic heterocycles. The molecule has 0 aliphatic carbocycles. The molecule has 1 atom stereocenters. The number of anilines is 1. The average molecular weight is 504 g/mol. The molecule has 0 amide bonds. The molecule has 0 aliphatic rings. The Kier molecular flexibility index (Phi) is 5.44. The van der Waals surface area contributed by atoms with Gasteiger partial charge in [0.25, 0.3) is 5.56 Å². The van der Waals surface area contributed by atoms with E-state index >= 15 is 0 Å². The van der Waals surface area contributed by atoms with Crippen LogP contribution in [0.15, 0.2) is 53.8 Å². The van der Waals surface area contributed by atoms with Crippen LogP contribution >= 0.6 is 34.8 Å². The molecule has 33 heavy (non-hydrogen) atoms. The minimum absolute atomic E-state index is 0.0652. The van der Waals surface area contributed by atoms with Crippen LogP contribution in [0, 0.1) is 5.82 Å². The normalized spacial score (nSPS) is 12.4. The highest BCUT2D eigenvalue weighted by Crippen LogP contribution is 2.31. The van der Waals surface area contributed by atoms with E-state index in [0.29, 0.717) is 38.8 Å². The van der Waals surface area contributed by atoms with Gasteiger partial charge < -0.3 is 10.3 Å². The average Bonchev–Trinajstić information content (AvgIpc) is 3.28. The van der Waals surface area contributed by atoms with E-state index in [1.165, 1.54) is 29.4 Å². The molecule has 0 radical (unpaired) electrons. The van der Waals surface area contributed by atoms with Crippen LogP contribution in [0.5, 0.6) is 0 Å². The van der Waals surface area contributed by atoms with E-state index in [4.69, 9.17) is 34.8 Å². The van der Waals surface area contributed by atoms with Crippen molar-refractivity contribution in [3.05, 3.63) is 86.0 Å². The number of fused-ring (bicyclic) bond motifs is 2. The first-order valence-corrected chi connectivity index (χ1v) is 10.9. The van der Waals surface area contributed by atoms with Crippen molar-refractivity contribution in [3.8, 4) is 5.69 Å². The molecular formula is C22H14Cl3FN6O. The lowest BCUT2D eigenvalue weighted by Gasteiger charge is -2.22. The predicted molar refractivity (Wildman–Crippen MR) is 128 cm³/mol. The summed E-state index contributed by atoms with van der Waals surface area (Å²) >= 11 is 18.5. The van der Waals surface area contributed by atoms with Crippen LogP contribution in [-0.2, 0) is 0 Å². The lowest BCUT2D eigenvalue weighted by atomic mass is 10.1. The highest BCUT2D eigenvalue weighted by atomic mass is 35.5. The maximum atomic E-state index is 14.2. The summed E-state index contributed by atoms with van der Waals surface area (Å²) in [7, 11) is 0. The molecule has 0 unspecified atom stereocenters. The number of H-pyrrole nitrogens is 1. The summed E-state index contributed by atoms with van der Waals surface area (Å²) in [5.41, 5.74) is 1.65. The lowest BCUT2D eigenvalue weighted by molar-refractivity contribution is 0.629. The van der Waals surface area contributed by atoms with Gasteiger partial charge >= 0.3 is 0 Å². The van der Waals surface area contributed by atoms with E-state index in [1.54, 1.807) is 24.3 Å². The van der Waals surface area contributed by atoms with E-state index in [1.807, 2.05) is 6.92 Å². The molecule has 3 heterocycles. The molecule has 7 nitrogen and oxygen atoms in total. The molecule has 0 saturated heterocycles. The Balaban J connectivity index is 1.74. The zero-order valence-corrected chi connectivity index (χ0v) is 19.2. The van der Waals surface area contributed by atoms with E-state index in [2.05, 4.69) is 25.3 Å². The number of nitrogens with zero attached hydrogens (tertiary/aromatic N) is 4. The minimum atomic E-state index is -0.678. The zero-order chi connectivity index (χ0) is 23.3. The number of aromatic amines is 1. The quantitative estimate of drug-likeness (QED) is 0.317. The number of benzene rings is 2. The number of pyridine rings is 1. The molecule has 5 aromatic rings. The van der Waals surface area contributed by atoms with Gasteiger partial charge in [-0.2, -0.15) is 0 Å². The van der Waals surface area contributed by atoms with Crippen molar-refractivity contribution in [2.24, 2.45) is 0 Å². The first-order valence-electron chi connectivity index (χ1n) is 9.75. The summed E-state index contributed by atoms with van der Waals surface area (Å²) in [4.78, 5) is 29.2. The van der Waals surface area contributed by atoms with Crippen LogP contribution in [-0.4, -0.2) is 24.5 Å². The van der Waals surface area contributed by atoms with Crippen LogP contribution in [0.1, 0.15) is 18.7 Å². The summed E-state index contributed by atoms with van der Waals surface area (Å²) in [6, 6.07) is 8.89. The van der Waals surface area contributed by atoms with E-state index < -0.39 is 17.4 Å². The number of rotatable bonds is 4. The largest absolute Gasteiger partial charge is 0.360 e. The maximum Gasteiger partial charge on any atom is 0.264 e. The standard InChI is InChI=1S/C22H14Cl3FN6O/c1-10(31-21-19-20(28-8-27-19)29-9-30-21)16-6-11-2-5-15(26)18(25)17(11)22(33)32(16)12-3-4-13(23)14(24)7-12/h2-10H,1H3,(H2,27,28,29,30,31)/t10-/m1/s1. The van der Waals surface area contributed by atoms with Gasteiger partial charge in [0, 0.05) is 5.69 Å². The van der Waals surface area contributed by atoms with Gasteiger partial charge in [-0.25, -0.2) is 19.3 Å². The van der Waals surface area contributed by atoms with E-state index in [-0.39, 0.29) is 15.4 Å². The van der Waals surface area contributed by atoms with E-state index in [0.717, 1.165) is 0 Å². The topological polar surface area (TPSA) is 88.5 Å². The summed E-state index contributed by atoms with van der Waals surface area (Å²) in [6.07, 6.45) is 2.93. The summed E-state index contributed by atoms with van der Waals surface area (Å²) < 4.78 is 15.6. The van der Waals surface area contributed by atoms with Crippen LogP contribution in [0.4, 0.5) is 10.2 Å². The summed E-state index contributed by atoms with van der Waals surface area (Å²) in [5, 5.41) is 4.21. The van der Waals surface area contributed by atoms with Crippen LogP contribution < -0.4 is 10.9 Å². The fourth-order valence-electron chi connectivity index (χ4n) is 3.71. The molecule has 2 N–H and O–H groups in total. The van der Waals surface area contributed by atoms with Gasteiger partial charge in [0.1, 0.15) is 17.7 Å². The Labute approximate surface area is 201 Å². The number of hydrogen-bond acceptors (Lipinski definition) is 5. The summed E-state index contributed by atoms with van der Waals surface area (Å²) in [6.45, 7) is 1.86. The van der Waals surface area contributed by atoms with Gasteiger partial charge in [-0.05, 0) is 42.6 Å². The third-order valence-electron chi connectivity index (χ3n) is 5.28. The number of hydrogen-bond donors (Lipinski definition) is 2. The van der Waals surface area contributed by atoms with Crippen molar-refractivity contribution < 1.29 is 4.39 Å². The molecular weight excluding hydrogens is 490 g/mol. The number of nitrogens with one attached hydrogen (secondary N) is 2. The van der Waals surface area contributed by atoms with Gasteiger partial charge in [0.15, 0.2) is 11.5 Å². The smallest absolute Gasteiger partial charge is 0.264 e. The van der Waals surface area contributed by atoms with Gasteiger partial charge in [-0.3, -0.25) is 9.36 Å². The highest BCUT2D eigenvalue weighted by molar-refractivity contribution is 6.42. The van der Waals surface area contributed by atoms with Crippen molar-refractivity contribution in [1.29, 1.82) is 0 Å². The Morgan fingerprint density at radius 2 is 1.88 bits per heavy atom. The second kappa shape index (κ2) is 8.30. The lowest BCUT2D eigenvalue weighted by Crippen LogP contribution is -2.26. The van der Waals surface area contributed by atoms with Crippen molar-refractivity contribution in [1.82, 2.24) is 24.5 Å². The van der Waals surface area contributed by atoms with Gasteiger partial charge in [-0.15, -0.1) is 0 Å². The Morgan fingerprint density at radius 1 is 1.06 bits per heavy atom. The Bertz CT molecular complexity index is 1600. The first kappa shape index (κ1) is 21.6. The second-order valence-electron chi connectivity index (χ2n) is 7.32. The Morgan fingerprint density at radius 3 is 2.67 bits per heavy atom. The van der Waals surface area contributed by atoms with Crippen molar-refractivity contribution in [3.63, 3.8) is 0 Å². The number of imidazole rings is 1. The van der Waals surface area contributed by atoms with Crippen molar-refractivity contribution in [2.75, 3.05) is 5.32 Å². The molecule has 0 bridgehead atoms. The van der Waals surface area contributed by atoms with Gasteiger partial charge in [-0.1, -0.05) is 40.9 Å². The molecule has 0 spiro atoms. The predicted octanol–water partition coefficient (Wildman–Crippen LogP) is 5.93. The molecule has 2 aromatic carbocycles. The SMILES string of the molecule is C[C@@H](Nc1ncnc2[nH]cnc12)c1cc2ccc(F)c(Cl)c2c(=O)n1-c1ccc(Cl)c(Cl)c1. The Hall–Kier alpha value is -3.20. The molecule has 5 rings (SSSR count). The maximum absolute atomic E-state index is 14.2. The van der Waals surface area contributed by atoms with Crippen LogP contribution in [0.2, 0.25) is 15.1 Å². The third kappa shape index (κ3) is 3.70. The fourth-order valence-corrected chi connectivity index (χ4v) is 4.26. The zero-order valence-electron chi connectivity index (χ0n) is 16.9. The minimum Gasteiger partial charge on any atom is -0.360 e. The van der Waals surface area contributed by atoms with Crippen LogP contribution in [0.3, 0.4) is 0 Å². The number of halogens is 4. The van der Waals surface area contributed by atoms with Crippen molar-refractivity contribution >= 4 is 62.6 Å². The van der Waals surface area contributed by atoms with Crippen LogP contribution in [0.25, 0.3) is 27.6 Å². The highest BCUT2D eigenvalue weighted by Gasteiger charge is 2.21. The molecule has 0 aliphatic heterocycles. The molecule has 0 fully saturated rings. The van der Waals surface area contributed by atoms with E-state index in [9.17, 15) is 9.18 Å². The molecule has 11 heteroatoms. The summed E-state index contributed by atoms with van der Waals surface area (Å²) in [5.74, 6) is -0.193. The molecule has 166 valence electrons.